The topological polar surface area (TPSA) is 60.9 Å². The normalized spacial score (nSPS) is 19.2. The van der Waals surface area contributed by atoms with Gasteiger partial charge in [0.25, 0.3) is 0 Å². The van der Waals surface area contributed by atoms with E-state index in [0.717, 1.165) is 0 Å². The van der Waals surface area contributed by atoms with Crippen molar-refractivity contribution < 1.29 is 14.7 Å². The quantitative estimate of drug-likeness (QED) is 0.695. The molecule has 0 saturated carbocycles. The molecule has 1 amide bonds. The van der Waals surface area contributed by atoms with Gasteiger partial charge in [0.2, 0.25) is 5.91 Å². The molecule has 5 nitrogen and oxygen atoms in total. The Balaban J connectivity index is 2.42. The van der Waals surface area contributed by atoms with Crippen LogP contribution in [0, 0.1) is 0 Å². The molecule has 90 valence electrons. The van der Waals surface area contributed by atoms with Gasteiger partial charge >= 0.3 is 5.97 Å². The number of aliphatic carboxylic acids is 1. The SMILES string of the molecule is C=CCC(=O)N1CCN(C(C)C(=O)O)CC1. The lowest BCUT2D eigenvalue weighted by molar-refractivity contribution is -0.143. The molecule has 1 atom stereocenters. The maximum absolute atomic E-state index is 11.5. The lowest BCUT2D eigenvalue weighted by Crippen LogP contribution is -2.53. The summed E-state index contributed by atoms with van der Waals surface area (Å²) in [6.07, 6.45) is 1.95. The molecule has 5 heteroatoms. The van der Waals surface area contributed by atoms with Gasteiger partial charge in [-0.2, -0.15) is 0 Å². The first kappa shape index (κ1) is 12.7. The molecule has 0 aromatic carbocycles. The molecule has 0 radical (unpaired) electrons. The molecule has 0 aromatic rings. The van der Waals surface area contributed by atoms with Gasteiger partial charge in [0.1, 0.15) is 6.04 Å². The summed E-state index contributed by atoms with van der Waals surface area (Å²) >= 11 is 0. The zero-order chi connectivity index (χ0) is 12.1. The molecule has 0 aromatic heterocycles. The van der Waals surface area contributed by atoms with Gasteiger partial charge in [-0.25, -0.2) is 0 Å². The fourth-order valence-corrected chi connectivity index (χ4v) is 1.77. The number of carboxylic acid groups (broad SMARTS) is 1. The van der Waals surface area contributed by atoms with Crippen molar-refractivity contribution in [2.45, 2.75) is 19.4 Å². The highest BCUT2D eigenvalue weighted by molar-refractivity contribution is 5.77. The number of nitrogens with zero attached hydrogens (tertiary/aromatic N) is 2. The van der Waals surface area contributed by atoms with E-state index in [-0.39, 0.29) is 5.91 Å². The second-order valence-electron chi connectivity index (χ2n) is 3.92. The fraction of sp³-hybridized carbons (Fsp3) is 0.636. The molecule has 0 aliphatic carbocycles. The summed E-state index contributed by atoms with van der Waals surface area (Å²) in [5.74, 6) is -0.747. The van der Waals surface area contributed by atoms with Crippen molar-refractivity contribution in [1.29, 1.82) is 0 Å². The highest BCUT2D eigenvalue weighted by Crippen LogP contribution is 2.07. The Morgan fingerprint density at radius 1 is 1.38 bits per heavy atom. The van der Waals surface area contributed by atoms with Crippen LogP contribution in [0.25, 0.3) is 0 Å². The van der Waals surface area contributed by atoms with Gasteiger partial charge in [0, 0.05) is 32.6 Å². The molecule has 1 saturated heterocycles. The van der Waals surface area contributed by atoms with Crippen LogP contribution in [0.2, 0.25) is 0 Å². The lowest BCUT2D eigenvalue weighted by Gasteiger charge is -2.36. The van der Waals surface area contributed by atoms with Crippen LogP contribution < -0.4 is 0 Å². The molecule has 1 unspecified atom stereocenters. The summed E-state index contributed by atoms with van der Waals surface area (Å²) in [5, 5.41) is 8.86. The highest BCUT2D eigenvalue weighted by Gasteiger charge is 2.26. The van der Waals surface area contributed by atoms with Gasteiger partial charge < -0.3 is 10.0 Å². The molecule has 1 fully saturated rings. The Bertz CT molecular complexity index is 283. The average molecular weight is 226 g/mol. The van der Waals surface area contributed by atoms with E-state index in [1.165, 1.54) is 0 Å². The van der Waals surface area contributed by atoms with E-state index in [9.17, 15) is 9.59 Å². The van der Waals surface area contributed by atoms with Crippen LogP contribution in [0.5, 0.6) is 0 Å². The predicted octanol–water partition coefficient (Wildman–Crippen LogP) is 0.180. The molecule has 0 spiro atoms. The van der Waals surface area contributed by atoms with Crippen LogP contribution in [0.15, 0.2) is 12.7 Å². The molecular formula is C11H18N2O3. The minimum atomic E-state index is -0.814. The van der Waals surface area contributed by atoms with E-state index < -0.39 is 12.0 Å². The molecule has 1 aliphatic heterocycles. The molecule has 0 bridgehead atoms. The smallest absolute Gasteiger partial charge is 0.320 e. The largest absolute Gasteiger partial charge is 0.480 e. The van der Waals surface area contributed by atoms with Gasteiger partial charge in [0.15, 0.2) is 0 Å². The van der Waals surface area contributed by atoms with Crippen LogP contribution in [-0.4, -0.2) is 59.0 Å². The first-order chi connectivity index (χ1) is 7.56. The zero-order valence-electron chi connectivity index (χ0n) is 9.56. The lowest BCUT2D eigenvalue weighted by atomic mass is 10.2. The number of hydrogen-bond acceptors (Lipinski definition) is 3. The van der Waals surface area contributed by atoms with Crippen LogP contribution in [0.4, 0.5) is 0 Å². The van der Waals surface area contributed by atoms with Crippen LogP contribution >= 0.6 is 0 Å². The Morgan fingerprint density at radius 2 is 1.94 bits per heavy atom. The molecule has 1 aliphatic rings. The summed E-state index contributed by atoms with van der Waals surface area (Å²) in [7, 11) is 0. The van der Waals surface area contributed by atoms with Crippen LogP contribution in [-0.2, 0) is 9.59 Å². The van der Waals surface area contributed by atoms with Crippen molar-refractivity contribution in [2.24, 2.45) is 0 Å². The molecule has 1 N–H and O–H groups in total. The highest BCUT2D eigenvalue weighted by atomic mass is 16.4. The van der Waals surface area contributed by atoms with Crippen molar-refractivity contribution in [3.05, 3.63) is 12.7 Å². The van der Waals surface area contributed by atoms with E-state index in [1.807, 2.05) is 4.90 Å². The standard InChI is InChI=1S/C11H18N2O3/c1-3-4-10(14)13-7-5-12(6-8-13)9(2)11(15)16/h3,9H,1,4-8H2,2H3,(H,15,16). The van der Waals surface area contributed by atoms with E-state index in [4.69, 9.17) is 5.11 Å². The van der Waals surface area contributed by atoms with Gasteiger partial charge in [-0.15, -0.1) is 6.58 Å². The van der Waals surface area contributed by atoms with Gasteiger partial charge in [-0.1, -0.05) is 6.08 Å². The number of carbonyl (C=O) groups excluding carboxylic acids is 1. The molecular weight excluding hydrogens is 208 g/mol. The third kappa shape index (κ3) is 3.06. The first-order valence-electron chi connectivity index (χ1n) is 5.41. The summed E-state index contributed by atoms with van der Waals surface area (Å²) in [4.78, 5) is 25.9. The van der Waals surface area contributed by atoms with Gasteiger partial charge in [-0.3, -0.25) is 14.5 Å². The second kappa shape index (κ2) is 5.65. The number of carbonyl (C=O) groups is 2. The fourth-order valence-electron chi connectivity index (χ4n) is 1.77. The Hall–Kier alpha value is -1.36. The molecule has 1 rings (SSSR count). The number of carboxylic acids is 1. The molecule has 1 heterocycles. The summed E-state index contributed by atoms with van der Waals surface area (Å²) in [6, 6.07) is -0.475. The van der Waals surface area contributed by atoms with Crippen LogP contribution in [0.1, 0.15) is 13.3 Å². The van der Waals surface area contributed by atoms with Crippen molar-refractivity contribution in [2.75, 3.05) is 26.2 Å². The number of rotatable bonds is 4. The number of piperazine rings is 1. The minimum absolute atomic E-state index is 0.0672. The van der Waals surface area contributed by atoms with E-state index in [2.05, 4.69) is 6.58 Å². The van der Waals surface area contributed by atoms with Gasteiger partial charge in [0.05, 0.1) is 0 Å². The van der Waals surface area contributed by atoms with E-state index >= 15 is 0 Å². The summed E-state index contributed by atoms with van der Waals surface area (Å²) < 4.78 is 0. The van der Waals surface area contributed by atoms with Gasteiger partial charge in [-0.05, 0) is 6.92 Å². The number of hydrogen-bond donors (Lipinski definition) is 1. The van der Waals surface area contributed by atoms with Crippen LogP contribution in [0.3, 0.4) is 0 Å². The average Bonchev–Trinajstić information content (AvgIpc) is 2.28. The maximum atomic E-state index is 11.5. The first-order valence-corrected chi connectivity index (χ1v) is 5.41. The third-order valence-electron chi connectivity index (χ3n) is 2.89. The Morgan fingerprint density at radius 3 is 2.38 bits per heavy atom. The zero-order valence-corrected chi connectivity index (χ0v) is 9.56. The second-order valence-corrected chi connectivity index (χ2v) is 3.92. The van der Waals surface area contributed by atoms with E-state index in [0.29, 0.717) is 32.6 Å². The Kier molecular flexibility index (Phi) is 4.49. The summed E-state index contributed by atoms with van der Waals surface area (Å²) in [5.41, 5.74) is 0. The van der Waals surface area contributed by atoms with Crippen molar-refractivity contribution in [3.63, 3.8) is 0 Å². The predicted molar refractivity (Wildman–Crippen MR) is 60.1 cm³/mol. The summed E-state index contributed by atoms with van der Waals surface area (Å²) in [6.45, 7) is 7.64. The minimum Gasteiger partial charge on any atom is -0.480 e. The Labute approximate surface area is 95.3 Å². The van der Waals surface area contributed by atoms with Crippen molar-refractivity contribution in [1.82, 2.24) is 9.80 Å². The molecule has 16 heavy (non-hydrogen) atoms. The van der Waals surface area contributed by atoms with Crippen molar-refractivity contribution in [3.8, 4) is 0 Å². The number of amides is 1. The third-order valence-corrected chi connectivity index (χ3v) is 2.89. The maximum Gasteiger partial charge on any atom is 0.320 e. The van der Waals surface area contributed by atoms with E-state index in [1.54, 1.807) is 17.9 Å². The van der Waals surface area contributed by atoms with Crippen molar-refractivity contribution >= 4 is 11.9 Å². The monoisotopic (exact) mass is 226 g/mol.